The van der Waals surface area contributed by atoms with E-state index in [-0.39, 0.29) is 6.04 Å². The van der Waals surface area contributed by atoms with Crippen molar-refractivity contribution < 1.29 is 9.15 Å². The first-order valence-corrected chi connectivity index (χ1v) is 6.44. The average Bonchev–Trinajstić information content (AvgIpc) is 2.89. The van der Waals surface area contributed by atoms with E-state index in [1.807, 2.05) is 25.1 Å². The summed E-state index contributed by atoms with van der Waals surface area (Å²) >= 11 is 6.03. The Labute approximate surface area is 117 Å². The van der Waals surface area contributed by atoms with Crippen molar-refractivity contribution in [3.63, 3.8) is 0 Å². The molecule has 0 aliphatic heterocycles. The molecule has 5 heteroatoms. The van der Waals surface area contributed by atoms with E-state index in [0.717, 1.165) is 23.3 Å². The third kappa shape index (κ3) is 2.76. The quantitative estimate of drug-likeness (QED) is 0.653. The lowest BCUT2D eigenvalue weighted by atomic mass is 9.98. The number of rotatable bonds is 5. The number of hydrazine groups is 1. The van der Waals surface area contributed by atoms with Gasteiger partial charge in [-0.3, -0.25) is 5.84 Å². The van der Waals surface area contributed by atoms with Crippen LogP contribution in [0.15, 0.2) is 34.9 Å². The zero-order valence-electron chi connectivity index (χ0n) is 10.9. The standard InChI is InChI=1S/C14H17ClN2O2/c1-3-12-10(6-7-19-12)14(17-16)9-4-5-11(15)13(8-9)18-2/h4-8,14,17H,3,16H2,1-2H3. The molecule has 1 aromatic heterocycles. The van der Waals surface area contributed by atoms with E-state index in [4.69, 9.17) is 26.6 Å². The van der Waals surface area contributed by atoms with Gasteiger partial charge in [-0.25, -0.2) is 5.43 Å². The average molecular weight is 281 g/mol. The Kier molecular flexibility index (Phi) is 4.47. The molecule has 0 saturated heterocycles. The molecule has 0 aliphatic rings. The lowest BCUT2D eigenvalue weighted by Gasteiger charge is -2.17. The second-order valence-corrected chi connectivity index (χ2v) is 4.55. The Morgan fingerprint density at radius 3 is 2.84 bits per heavy atom. The van der Waals surface area contributed by atoms with Crippen LogP contribution in [0.3, 0.4) is 0 Å². The van der Waals surface area contributed by atoms with Gasteiger partial charge >= 0.3 is 0 Å². The molecule has 102 valence electrons. The van der Waals surface area contributed by atoms with Gasteiger partial charge in [-0.2, -0.15) is 0 Å². The molecule has 0 saturated carbocycles. The van der Waals surface area contributed by atoms with Crippen LogP contribution < -0.4 is 16.0 Å². The minimum Gasteiger partial charge on any atom is -0.495 e. The van der Waals surface area contributed by atoms with Crippen LogP contribution in [0.1, 0.15) is 29.9 Å². The summed E-state index contributed by atoms with van der Waals surface area (Å²) < 4.78 is 10.7. The first-order chi connectivity index (χ1) is 9.21. The fourth-order valence-corrected chi connectivity index (χ4v) is 2.31. The highest BCUT2D eigenvalue weighted by molar-refractivity contribution is 6.32. The second-order valence-electron chi connectivity index (χ2n) is 4.15. The van der Waals surface area contributed by atoms with E-state index in [2.05, 4.69) is 5.43 Å². The fraction of sp³-hybridized carbons (Fsp3) is 0.286. The summed E-state index contributed by atoms with van der Waals surface area (Å²) in [7, 11) is 1.59. The maximum Gasteiger partial charge on any atom is 0.137 e. The molecule has 0 bridgehead atoms. The van der Waals surface area contributed by atoms with Crippen LogP contribution in [0.25, 0.3) is 0 Å². The third-order valence-electron chi connectivity index (χ3n) is 3.09. The Morgan fingerprint density at radius 1 is 1.42 bits per heavy atom. The molecule has 19 heavy (non-hydrogen) atoms. The molecule has 3 N–H and O–H groups in total. The number of hydrogen-bond donors (Lipinski definition) is 2. The lowest BCUT2D eigenvalue weighted by molar-refractivity contribution is 0.413. The molecular weight excluding hydrogens is 264 g/mol. The number of nitrogens with one attached hydrogen (secondary N) is 1. The van der Waals surface area contributed by atoms with E-state index in [0.29, 0.717) is 10.8 Å². The number of methoxy groups -OCH3 is 1. The summed E-state index contributed by atoms with van der Waals surface area (Å²) in [6, 6.07) is 7.36. The molecule has 0 amide bonds. The van der Waals surface area contributed by atoms with Gasteiger partial charge in [0, 0.05) is 12.0 Å². The topological polar surface area (TPSA) is 60.4 Å². The van der Waals surface area contributed by atoms with Gasteiger partial charge < -0.3 is 9.15 Å². The van der Waals surface area contributed by atoms with Crippen LogP contribution in [-0.4, -0.2) is 7.11 Å². The first kappa shape index (κ1) is 13.9. The maximum atomic E-state index is 6.03. The molecule has 2 aromatic rings. The monoisotopic (exact) mass is 280 g/mol. The van der Waals surface area contributed by atoms with Gasteiger partial charge in [-0.1, -0.05) is 24.6 Å². The van der Waals surface area contributed by atoms with Gasteiger partial charge in [0.25, 0.3) is 0 Å². The van der Waals surface area contributed by atoms with Crippen molar-refractivity contribution in [3.05, 3.63) is 52.4 Å². The fourth-order valence-electron chi connectivity index (χ4n) is 2.12. The first-order valence-electron chi connectivity index (χ1n) is 6.07. The Morgan fingerprint density at radius 2 is 2.21 bits per heavy atom. The van der Waals surface area contributed by atoms with Crippen LogP contribution in [0.5, 0.6) is 5.75 Å². The summed E-state index contributed by atoms with van der Waals surface area (Å²) in [5, 5.41) is 0.574. The summed E-state index contributed by atoms with van der Waals surface area (Å²) in [5.74, 6) is 7.22. The van der Waals surface area contributed by atoms with Crippen molar-refractivity contribution in [2.45, 2.75) is 19.4 Å². The minimum atomic E-state index is -0.153. The number of nitrogens with two attached hydrogens (primary N) is 1. The van der Waals surface area contributed by atoms with Crippen LogP contribution in [0.4, 0.5) is 0 Å². The molecule has 0 fully saturated rings. The van der Waals surface area contributed by atoms with Gasteiger partial charge in [0.1, 0.15) is 11.5 Å². The summed E-state index contributed by atoms with van der Waals surface area (Å²) in [5.41, 5.74) is 4.80. The van der Waals surface area contributed by atoms with Gasteiger partial charge in [-0.05, 0) is 23.8 Å². The van der Waals surface area contributed by atoms with Gasteiger partial charge in [0.05, 0.1) is 24.4 Å². The molecule has 1 unspecified atom stereocenters. The minimum absolute atomic E-state index is 0.153. The molecule has 1 aromatic carbocycles. The largest absolute Gasteiger partial charge is 0.495 e. The highest BCUT2D eigenvalue weighted by atomic mass is 35.5. The molecule has 2 rings (SSSR count). The van der Waals surface area contributed by atoms with Gasteiger partial charge in [0.15, 0.2) is 0 Å². The Hall–Kier alpha value is -1.49. The van der Waals surface area contributed by atoms with Crippen LogP contribution in [-0.2, 0) is 6.42 Å². The highest BCUT2D eigenvalue weighted by Crippen LogP contribution is 2.31. The molecule has 1 heterocycles. The van der Waals surface area contributed by atoms with Crippen molar-refractivity contribution in [3.8, 4) is 5.75 Å². The number of aryl methyl sites for hydroxylation is 1. The van der Waals surface area contributed by atoms with Crippen LogP contribution in [0, 0.1) is 0 Å². The number of benzene rings is 1. The Bertz CT molecular complexity index is 554. The van der Waals surface area contributed by atoms with Crippen LogP contribution in [0.2, 0.25) is 5.02 Å². The number of furan rings is 1. The predicted octanol–water partition coefficient (Wildman–Crippen LogP) is 3.06. The zero-order valence-corrected chi connectivity index (χ0v) is 11.7. The maximum absolute atomic E-state index is 6.03. The summed E-state index contributed by atoms with van der Waals surface area (Å²) in [6.45, 7) is 2.04. The van der Waals surface area contributed by atoms with E-state index < -0.39 is 0 Å². The SMILES string of the molecule is CCc1occc1C(NN)c1ccc(Cl)c(OC)c1. The third-order valence-corrected chi connectivity index (χ3v) is 3.40. The van der Waals surface area contributed by atoms with Crippen molar-refractivity contribution in [1.82, 2.24) is 5.43 Å². The zero-order chi connectivity index (χ0) is 13.8. The molecule has 1 atom stereocenters. The van der Waals surface area contributed by atoms with E-state index in [9.17, 15) is 0 Å². The normalized spacial score (nSPS) is 12.4. The van der Waals surface area contributed by atoms with E-state index >= 15 is 0 Å². The van der Waals surface area contributed by atoms with E-state index in [1.54, 1.807) is 19.4 Å². The highest BCUT2D eigenvalue weighted by Gasteiger charge is 2.19. The van der Waals surface area contributed by atoms with Gasteiger partial charge in [-0.15, -0.1) is 0 Å². The number of halogens is 1. The molecule has 0 aliphatic carbocycles. The van der Waals surface area contributed by atoms with Crippen molar-refractivity contribution in [2.24, 2.45) is 5.84 Å². The van der Waals surface area contributed by atoms with E-state index in [1.165, 1.54) is 0 Å². The summed E-state index contributed by atoms with van der Waals surface area (Å²) in [6.07, 6.45) is 2.48. The molecule has 4 nitrogen and oxygen atoms in total. The van der Waals surface area contributed by atoms with Crippen molar-refractivity contribution in [2.75, 3.05) is 7.11 Å². The number of hydrogen-bond acceptors (Lipinski definition) is 4. The second kappa shape index (κ2) is 6.10. The molecule has 0 spiro atoms. The smallest absolute Gasteiger partial charge is 0.137 e. The van der Waals surface area contributed by atoms with Gasteiger partial charge in [0.2, 0.25) is 0 Å². The van der Waals surface area contributed by atoms with Crippen molar-refractivity contribution >= 4 is 11.6 Å². The number of ether oxygens (including phenoxy) is 1. The Balaban J connectivity index is 2.42. The predicted molar refractivity (Wildman–Crippen MR) is 75.3 cm³/mol. The molecule has 0 radical (unpaired) electrons. The van der Waals surface area contributed by atoms with Crippen LogP contribution >= 0.6 is 11.6 Å². The lowest BCUT2D eigenvalue weighted by Crippen LogP contribution is -2.29. The molecular formula is C14H17ClN2O2. The summed E-state index contributed by atoms with van der Waals surface area (Å²) in [4.78, 5) is 0. The van der Waals surface area contributed by atoms with Crippen molar-refractivity contribution in [1.29, 1.82) is 0 Å².